The summed E-state index contributed by atoms with van der Waals surface area (Å²) in [7, 11) is 3.16. The predicted octanol–water partition coefficient (Wildman–Crippen LogP) is 1.86. The van der Waals surface area contributed by atoms with Gasteiger partial charge in [0, 0.05) is 12.0 Å². The molecule has 0 aliphatic rings. The van der Waals surface area contributed by atoms with Gasteiger partial charge in [0.05, 0.1) is 20.4 Å². The second-order valence-electron chi connectivity index (χ2n) is 4.12. The molecular formula is C13H20Cl2N6O2. The van der Waals surface area contributed by atoms with Crippen LogP contribution in [0, 0.1) is 0 Å². The van der Waals surface area contributed by atoms with E-state index >= 15 is 0 Å². The van der Waals surface area contributed by atoms with Crippen molar-refractivity contribution < 1.29 is 9.47 Å². The Morgan fingerprint density at radius 3 is 2.57 bits per heavy atom. The third-order valence-corrected chi connectivity index (χ3v) is 2.88. The summed E-state index contributed by atoms with van der Waals surface area (Å²) in [4.78, 5) is 0. The number of nitrogens with zero attached hydrogens (tertiary/aromatic N) is 4. The molecule has 1 aromatic carbocycles. The van der Waals surface area contributed by atoms with Crippen LogP contribution in [0.4, 0.5) is 5.95 Å². The summed E-state index contributed by atoms with van der Waals surface area (Å²) in [6.07, 6.45) is 2.29. The molecule has 0 fully saturated rings. The van der Waals surface area contributed by atoms with Crippen LogP contribution in [0.5, 0.6) is 11.5 Å². The minimum atomic E-state index is 0. The summed E-state index contributed by atoms with van der Waals surface area (Å²) in [5, 5.41) is 11.9. The van der Waals surface area contributed by atoms with Gasteiger partial charge in [-0.1, -0.05) is 13.0 Å². The largest absolute Gasteiger partial charge is 0.493 e. The first-order valence-electron chi connectivity index (χ1n) is 6.40. The second-order valence-corrected chi connectivity index (χ2v) is 4.12. The number of hydrogen-bond donors (Lipinski definition) is 2. The number of aryl methyl sites for hydroxylation is 1. The fourth-order valence-corrected chi connectivity index (χ4v) is 1.81. The zero-order chi connectivity index (χ0) is 15.2. The minimum absolute atomic E-state index is 0. The van der Waals surface area contributed by atoms with Gasteiger partial charge in [0.1, 0.15) is 0 Å². The van der Waals surface area contributed by atoms with Crippen molar-refractivity contribution in [3.63, 3.8) is 0 Å². The van der Waals surface area contributed by atoms with Gasteiger partial charge in [-0.15, -0.1) is 35.0 Å². The molecule has 0 amide bonds. The number of para-hydroxylation sites is 1. The third kappa shape index (κ3) is 4.64. The molecule has 8 nitrogen and oxygen atoms in total. The number of ether oxygens (including phenoxy) is 2. The van der Waals surface area contributed by atoms with Crippen molar-refractivity contribution in [3.05, 3.63) is 29.6 Å². The summed E-state index contributed by atoms with van der Waals surface area (Å²) in [5.41, 5.74) is 3.51. The van der Waals surface area contributed by atoms with E-state index in [-0.39, 0.29) is 24.8 Å². The van der Waals surface area contributed by atoms with Gasteiger partial charge in [0.25, 0.3) is 5.95 Å². The van der Waals surface area contributed by atoms with Gasteiger partial charge in [0.2, 0.25) is 0 Å². The Hall–Kier alpha value is -2.19. The SMILES string of the molecule is CCc1nnc(NN=Cc2cccc(OC)c2OC)n1N.Cl.Cl. The Balaban J connectivity index is 0.00000242. The molecule has 23 heavy (non-hydrogen) atoms. The van der Waals surface area contributed by atoms with Crippen LogP contribution in [-0.2, 0) is 6.42 Å². The zero-order valence-corrected chi connectivity index (χ0v) is 14.6. The zero-order valence-electron chi connectivity index (χ0n) is 13.0. The van der Waals surface area contributed by atoms with Crippen molar-refractivity contribution in [2.24, 2.45) is 5.10 Å². The predicted molar refractivity (Wildman–Crippen MR) is 94.8 cm³/mol. The highest BCUT2D eigenvalue weighted by molar-refractivity contribution is 5.86. The lowest BCUT2D eigenvalue weighted by atomic mass is 10.2. The molecule has 1 heterocycles. The molecule has 0 saturated carbocycles. The highest BCUT2D eigenvalue weighted by Crippen LogP contribution is 2.29. The second kappa shape index (κ2) is 9.75. The number of hydrogen-bond acceptors (Lipinski definition) is 7. The Morgan fingerprint density at radius 1 is 1.26 bits per heavy atom. The number of nitrogens with two attached hydrogens (primary N) is 1. The van der Waals surface area contributed by atoms with Crippen LogP contribution >= 0.6 is 24.8 Å². The number of rotatable bonds is 6. The molecule has 0 bridgehead atoms. The van der Waals surface area contributed by atoms with Gasteiger partial charge < -0.3 is 15.3 Å². The smallest absolute Gasteiger partial charge is 0.263 e. The van der Waals surface area contributed by atoms with Crippen LogP contribution in [0.1, 0.15) is 18.3 Å². The van der Waals surface area contributed by atoms with Crippen LogP contribution in [0.3, 0.4) is 0 Å². The molecule has 2 rings (SSSR count). The van der Waals surface area contributed by atoms with Gasteiger partial charge >= 0.3 is 0 Å². The Bertz CT molecular complexity index is 647. The first-order chi connectivity index (χ1) is 10.2. The first-order valence-corrected chi connectivity index (χ1v) is 6.40. The minimum Gasteiger partial charge on any atom is -0.493 e. The number of halogens is 2. The van der Waals surface area contributed by atoms with Crippen molar-refractivity contribution in [2.75, 3.05) is 25.5 Å². The van der Waals surface area contributed by atoms with Crippen molar-refractivity contribution in [2.45, 2.75) is 13.3 Å². The van der Waals surface area contributed by atoms with E-state index in [1.165, 1.54) is 4.68 Å². The molecule has 10 heteroatoms. The third-order valence-electron chi connectivity index (χ3n) is 2.88. The normalized spacial score (nSPS) is 9.87. The molecule has 2 aromatic rings. The number of methoxy groups -OCH3 is 2. The molecule has 0 spiro atoms. The molecule has 3 N–H and O–H groups in total. The van der Waals surface area contributed by atoms with Crippen molar-refractivity contribution in [1.29, 1.82) is 0 Å². The van der Waals surface area contributed by atoms with Crippen LogP contribution in [0.15, 0.2) is 23.3 Å². The summed E-state index contributed by atoms with van der Waals surface area (Å²) >= 11 is 0. The number of hydrazone groups is 1. The number of benzene rings is 1. The van der Waals surface area contributed by atoms with Crippen molar-refractivity contribution >= 4 is 37.0 Å². The molecule has 0 saturated heterocycles. The Kier molecular flexibility index (Phi) is 8.82. The average molecular weight is 363 g/mol. The summed E-state index contributed by atoms with van der Waals surface area (Å²) < 4.78 is 11.9. The molecule has 0 atom stereocenters. The maximum absolute atomic E-state index is 5.81. The Labute approximate surface area is 146 Å². The van der Waals surface area contributed by atoms with Crippen LogP contribution in [-0.4, -0.2) is 35.3 Å². The molecule has 0 aliphatic heterocycles. The van der Waals surface area contributed by atoms with Gasteiger partial charge in [-0.25, -0.2) is 10.1 Å². The quantitative estimate of drug-likeness (QED) is 0.462. The lowest BCUT2D eigenvalue weighted by Crippen LogP contribution is -2.14. The number of aromatic nitrogens is 3. The summed E-state index contributed by atoms with van der Waals surface area (Å²) in [6, 6.07) is 5.52. The monoisotopic (exact) mass is 362 g/mol. The van der Waals surface area contributed by atoms with Crippen LogP contribution in [0.25, 0.3) is 0 Å². The van der Waals surface area contributed by atoms with E-state index in [4.69, 9.17) is 15.3 Å². The first kappa shape index (κ1) is 20.8. The van der Waals surface area contributed by atoms with Crippen LogP contribution < -0.4 is 20.7 Å². The van der Waals surface area contributed by atoms with E-state index in [2.05, 4.69) is 20.7 Å². The van der Waals surface area contributed by atoms with Crippen molar-refractivity contribution in [1.82, 2.24) is 14.9 Å². The molecule has 0 radical (unpaired) electrons. The van der Waals surface area contributed by atoms with E-state index < -0.39 is 0 Å². The van der Waals surface area contributed by atoms with E-state index in [1.54, 1.807) is 20.4 Å². The topological polar surface area (TPSA) is 99.6 Å². The van der Waals surface area contributed by atoms with Gasteiger partial charge in [-0.05, 0) is 12.1 Å². The maximum Gasteiger partial charge on any atom is 0.263 e. The lowest BCUT2D eigenvalue weighted by molar-refractivity contribution is 0.354. The standard InChI is InChI=1S/C13H18N6O2.2ClH/c1-4-11-16-18-13(19(11)14)17-15-8-9-6-5-7-10(20-2)12(9)21-3;;/h5-8H,4,14H2,1-3H3,(H,17,18);2*1H. The molecule has 0 aliphatic carbocycles. The fraction of sp³-hybridized carbons (Fsp3) is 0.308. The Morgan fingerprint density at radius 2 is 2.00 bits per heavy atom. The summed E-state index contributed by atoms with van der Waals surface area (Å²) in [6.45, 7) is 1.95. The van der Waals surface area contributed by atoms with Gasteiger partial charge in [-0.2, -0.15) is 5.10 Å². The summed E-state index contributed by atoms with van der Waals surface area (Å²) in [5.74, 6) is 8.09. The highest BCUT2D eigenvalue weighted by Gasteiger charge is 2.08. The number of nitrogen functional groups attached to an aromatic ring is 1. The molecule has 0 unspecified atom stereocenters. The number of nitrogens with one attached hydrogen (secondary N) is 1. The average Bonchev–Trinajstić information content (AvgIpc) is 2.87. The molecule has 1 aromatic heterocycles. The van der Waals surface area contributed by atoms with E-state index in [1.807, 2.05) is 25.1 Å². The van der Waals surface area contributed by atoms with Crippen LogP contribution in [0.2, 0.25) is 0 Å². The van der Waals surface area contributed by atoms with E-state index in [0.29, 0.717) is 29.7 Å². The molecule has 128 valence electrons. The lowest BCUT2D eigenvalue weighted by Gasteiger charge is -2.09. The fourth-order valence-electron chi connectivity index (χ4n) is 1.81. The number of anilines is 1. The maximum atomic E-state index is 5.81. The van der Waals surface area contributed by atoms with Crippen molar-refractivity contribution in [3.8, 4) is 11.5 Å². The molecular weight excluding hydrogens is 343 g/mol. The van der Waals surface area contributed by atoms with Gasteiger partial charge in [0.15, 0.2) is 17.3 Å². The van der Waals surface area contributed by atoms with E-state index in [9.17, 15) is 0 Å². The van der Waals surface area contributed by atoms with E-state index in [0.717, 1.165) is 5.56 Å². The highest BCUT2D eigenvalue weighted by atomic mass is 35.5. The van der Waals surface area contributed by atoms with Gasteiger partial charge in [-0.3, -0.25) is 0 Å².